The molecule has 0 spiro atoms. The first-order chi connectivity index (χ1) is 13.1. The first-order valence-electron chi connectivity index (χ1n) is 9.53. The number of rotatable bonds is 4. The fraction of sp³-hybridized carbons (Fsp3) is 0.579. The molecule has 1 aliphatic carbocycles. The van der Waals surface area contributed by atoms with Gasteiger partial charge >= 0.3 is 0 Å². The normalized spacial score (nSPS) is 20.0. The summed E-state index contributed by atoms with van der Waals surface area (Å²) in [5, 5.41) is 7.29. The smallest absolute Gasteiger partial charge is 0.289 e. The van der Waals surface area contributed by atoms with E-state index < -0.39 is 5.54 Å². The number of furan rings is 1. The number of carbonyl (C=O) groups is 2. The minimum absolute atomic E-state index is 0.0180. The van der Waals surface area contributed by atoms with Crippen LogP contribution >= 0.6 is 0 Å². The zero-order valence-corrected chi connectivity index (χ0v) is 15.4. The molecule has 2 aliphatic rings. The second-order valence-electron chi connectivity index (χ2n) is 7.46. The summed E-state index contributed by atoms with van der Waals surface area (Å²) in [7, 11) is 0. The van der Waals surface area contributed by atoms with Gasteiger partial charge in [0.1, 0.15) is 5.54 Å². The lowest BCUT2D eigenvalue weighted by atomic mass is 9.91. The monoisotopic (exact) mass is 372 g/mol. The number of likely N-dealkylation sites (tertiary alicyclic amines) is 1. The Hall–Kier alpha value is -2.64. The molecular formula is C19H24N4O4. The van der Waals surface area contributed by atoms with E-state index in [1.807, 2.05) is 0 Å². The molecule has 3 heterocycles. The summed E-state index contributed by atoms with van der Waals surface area (Å²) in [6.07, 6.45) is 6.49. The molecule has 1 N–H and O–H groups in total. The molecule has 0 aromatic carbocycles. The molecule has 1 aliphatic heterocycles. The molecule has 2 aromatic heterocycles. The van der Waals surface area contributed by atoms with Crippen LogP contribution in [0.4, 0.5) is 0 Å². The summed E-state index contributed by atoms with van der Waals surface area (Å²) < 4.78 is 10.3. The second kappa shape index (κ2) is 7.17. The Balaban J connectivity index is 1.38. The molecule has 1 saturated heterocycles. The number of nitrogens with one attached hydrogen (secondary N) is 1. The molecule has 1 saturated carbocycles. The van der Waals surface area contributed by atoms with E-state index in [0.717, 1.165) is 25.7 Å². The van der Waals surface area contributed by atoms with E-state index >= 15 is 0 Å². The van der Waals surface area contributed by atoms with Gasteiger partial charge in [0.05, 0.1) is 6.26 Å². The maximum Gasteiger partial charge on any atom is 0.289 e. The Morgan fingerprint density at radius 3 is 2.59 bits per heavy atom. The van der Waals surface area contributed by atoms with Gasteiger partial charge in [-0.3, -0.25) is 9.59 Å². The van der Waals surface area contributed by atoms with Crippen molar-refractivity contribution in [2.45, 2.75) is 51.0 Å². The zero-order chi connectivity index (χ0) is 18.9. The molecule has 27 heavy (non-hydrogen) atoms. The maximum absolute atomic E-state index is 12.9. The molecule has 2 fully saturated rings. The first-order valence-corrected chi connectivity index (χ1v) is 9.53. The third-order valence-electron chi connectivity index (χ3n) is 5.66. The number of aromatic nitrogens is 2. The summed E-state index contributed by atoms with van der Waals surface area (Å²) in [6, 6.07) is 3.37. The van der Waals surface area contributed by atoms with E-state index in [9.17, 15) is 9.59 Å². The summed E-state index contributed by atoms with van der Waals surface area (Å²) >= 11 is 0. The fourth-order valence-electron chi connectivity index (χ4n) is 4.12. The summed E-state index contributed by atoms with van der Waals surface area (Å²) in [6.45, 7) is 2.85. The van der Waals surface area contributed by atoms with Gasteiger partial charge in [0.15, 0.2) is 11.6 Å². The average Bonchev–Trinajstić information content (AvgIpc) is 3.43. The van der Waals surface area contributed by atoms with Crippen LogP contribution in [0.15, 0.2) is 27.3 Å². The van der Waals surface area contributed by atoms with Crippen molar-refractivity contribution in [1.82, 2.24) is 20.4 Å². The number of piperidine rings is 1. The average molecular weight is 372 g/mol. The van der Waals surface area contributed by atoms with Gasteiger partial charge in [-0.25, -0.2) is 0 Å². The molecule has 0 unspecified atom stereocenters. The van der Waals surface area contributed by atoms with Crippen LogP contribution in [0.25, 0.3) is 0 Å². The Kier molecular flexibility index (Phi) is 4.72. The molecule has 0 atom stereocenters. The molecule has 8 nitrogen and oxygen atoms in total. The Morgan fingerprint density at radius 1 is 1.26 bits per heavy atom. The number of hydrogen-bond acceptors (Lipinski definition) is 6. The van der Waals surface area contributed by atoms with Gasteiger partial charge < -0.3 is 19.2 Å². The van der Waals surface area contributed by atoms with Crippen molar-refractivity contribution in [3.8, 4) is 0 Å². The number of amides is 2. The molecule has 2 amide bonds. The fourth-order valence-corrected chi connectivity index (χ4v) is 4.12. The quantitative estimate of drug-likeness (QED) is 0.884. The Bertz CT molecular complexity index is 800. The third kappa shape index (κ3) is 3.48. The van der Waals surface area contributed by atoms with Gasteiger partial charge in [0, 0.05) is 25.9 Å². The van der Waals surface area contributed by atoms with Crippen LogP contribution in [-0.2, 0) is 10.3 Å². The van der Waals surface area contributed by atoms with Crippen molar-refractivity contribution >= 4 is 11.8 Å². The lowest BCUT2D eigenvalue weighted by Crippen LogP contribution is -2.49. The van der Waals surface area contributed by atoms with Gasteiger partial charge in [-0.2, -0.15) is 4.98 Å². The van der Waals surface area contributed by atoms with E-state index in [-0.39, 0.29) is 17.7 Å². The van der Waals surface area contributed by atoms with Crippen molar-refractivity contribution in [2.24, 2.45) is 5.92 Å². The van der Waals surface area contributed by atoms with Crippen LogP contribution in [-0.4, -0.2) is 39.9 Å². The van der Waals surface area contributed by atoms with Crippen LogP contribution in [0, 0.1) is 12.8 Å². The van der Waals surface area contributed by atoms with Crippen LogP contribution in [0.3, 0.4) is 0 Å². The van der Waals surface area contributed by atoms with E-state index in [2.05, 4.69) is 15.5 Å². The number of nitrogens with zero attached hydrogens (tertiary/aromatic N) is 3. The lowest BCUT2D eigenvalue weighted by Gasteiger charge is -2.34. The molecule has 0 bridgehead atoms. The van der Waals surface area contributed by atoms with Gasteiger partial charge in [0.25, 0.3) is 5.91 Å². The van der Waals surface area contributed by atoms with Crippen molar-refractivity contribution in [2.75, 3.05) is 13.1 Å². The highest BCUT2D eigenvalue weighted by atomic mass is 16.5. The Labute approximate surface area is 157 Å². The second-order valence-corrected chi connectivity index (χ2v) is 7.46. The van der Waals surface area contributed by atoms with Gasteiger partial charge in [0.2, 0.25) is 11.8 Å². The third-order valence-corrected chi connectivity index (χ3v) is 5.66. The van der Waals surface area contributed by atoms with Crippen molar-refractivity contribution < 1.29 is 18.5 Å². The van der Waals surface area contributed by atoms with Crippen molar-refractivity contribution in [3.05, 3.63) is 35.9 Å². The van der Waals surface area contributed by atoms with Gasteiger partial charge in [-0.05, 0) is 37.8 Å². The molecule has 144 valence electrons. The predicted octanol–water partition coefficient (Wildman–Crippen LogP) is 2.41. The van der Waals surface area contributed by atoms with E-state index in [1.54, 1.807) is 24.0 Å². The summed E-state index contributed by atoms with van der Waals surface area (Å²) in [4.78, 5) is 31.4. The highest BCUT2D eigenvalue weighted by Crippen LogP contribution is 2.38. The van der Waals surface area contributed by atoms with E-state index in [1.165, 1.54) is 6.26 Å². The van der Waals surface area contributed by atoms with E-state index in [4.69, 9.17) is 8.94 Å². The summed E-state index contributed by atoms with van der Waals surface area (Å²) in [5.41, 5.74) is -0.518. The minimum atomic E-state index is -0.518. The molecule has 0 radical (unpaired) electrons. The molecule has 4 rings (SSSR count). The molecular weight excluding hydrogens is 348 g/mol. The van der Waals surface area contributed by atoms with Crippen molar-refractivity contribution in [1.29, 1.82) is 0 Å². The highest BCUT2D eigenvalue weighted by molar-refractivity contribution is 5.91. The van der Waals surface area contributed by atoms with Crippen LogP contribution in [0.1, 0.15) is 60.8 Å². The minimum Gasteiger partial charge on any atom is -0.459 e. The topological polar surface area (TPSA) is 101 Å². The number of carbonyl (C=O) groups excluding carboxylic acids is 2. The standard InChI is InChI=1S/C19H24N4O4/c1-13-20-18(22-27-13)19(8-2-3-9-19)21-16(24)14-6-10-23(11-7-14)17(25)15-5-4-12-26-15/h4-5,12,14H,2-3,6-11H2,1H3,(H,21,24). The van der Waals surface area contributed by atoms with Crippen LogP contribution in [0.5, 0.6) is 0 Å². The van der Waals surface area contributed by atoms with Gasteiger partial charge in [-0.1, -0.05) is 18.0 Å². The van der Waals surface area contributed by atoms with Crippen molar-refractivity contribution in [3.63, 3.8) is 0 Å². The predicted molar refractivity (Wildman–Crippen MR) is 94.7 cm³/mol. The first kappa shape index (κ1) is 17.8. The van der Waals surface area contributed by atoms with Crippen LogP contribution in [0.2, 0.25) is 0 Å². The Morgan fingerprint density at radius 2 is 2.00 bits per heavy atom. The van der Waals surface area contributed by atoms with Gasteiger partial charge in [-0.15, -0.1) is 0 Å². The molecule has 8 heteroatoms. The maximum atomic E-state index is 12.9. The van der Waals surface area contributed by atoms with E-state index in [0.29, 0.717) is 43.4 Å². The lowest BCUT2D eigenvalue weighted by molar-refractivity contribution is -0.128. The van der Waals surface area contributed by atoms with Crippen LogP contribution < -0.4 is 5.32 Å². The number of aryl methyl sites for hydroxylation is 1. The molecule has 2 aromatic rings. The highest BCUT2D eigenvalue weighted by Gasteiger charge is 2.42. The number of hydrogen-bond donors (Lipinski definition) is 1. The largest absolute Gasteiger partial charge is 0.459 e. The summed E-state index contributed by atoms with van der Waals surface area (Å²) in [5.74, 6) is 1.22. The SMILES string of the molecule is Cc1nc(C2(NC(=O)C3CCN(C(=O)c4ccco4)CC3)CCCC2)no1. The zero-order valence-electron chi connectivity index (χ0n) is 15.4.